The predicted octanol–water partition coefficient (Wildman–Crippen LogP) is 1.35. The first-order valence-electron chi connectivity index (χ1n) is 4.66. The van der Waals surface area contributed by atoms with Crippen LogP contribution in [0.3, 0.4) is 0 Å². The minimum absolute atomic E-state index is 0.111. The van der Waals surface area contributed by atoms with Gasteiger partial charge in [0.15, 0.2) is 0 Å². The van der Waals surface area contributed by atoms with E-state index in [2.05, 4.69) is 5.32 Å². The van der Waals surface area contributed by atoms with Crippen LogP contribution in [0, 0.1) is 5.92 Å². The van der Waals surface area contributed by atoms with Gasteiger partial charge in [-0.3, -0.25) is 4.79 Å². The van der Waals surface area contributed by atoms with Gasteiger partial charge in [-0.25, -0.2) is 0 Å². The molecule has 13 heavy (non-hydrogen) atoms. The van der Waals surface area contributed by atoms with Crippen molar-refractivity contribution in [3.05, 3.63) is 24.2 Å². The second-order valence-electron chi connectivity index (χ2n) is 3.41. The Morgan fingerprint density at radius 1 is 1.62 bits per heavy atom. The number of piperidine rings is 1. The molecule has 0 saturated carbocycles. The molecule has 0 spiro atoms. The number of carbonyl (C=O) groups is 1. The van der Waals surface area contributed by atoms with Crippen molar-refractivity contribution in [2.75, 3.05) is 6.54 Å². The van der Waals surface area contributed by atoms with E-state index in [1.54, 1.807) is 6.26 Å². The molecule has 0 unspecified atom stereocenters. The summed E-state index contributed by atoms with van der Waals surface area (Å²) in [7, 11) is 0. The fraction of sp³-hybridized carbons (Fsp3) is 0.500. The third-order valence-electron chi connectivity index (χ3n) is 2.43. The van der Waals surface area contributed by atoms with Gasteiger partial charge in [0.2, 0.25) is 5.91 Å². The van der Waals surface area contributed by atoms with E-state index in [0.29, 0.717) is 0 Å². The van der Waals surface area contributed by atoms with Crippen LogP contribution in [0.1, 0.15) is 18.6 Å². The summed E-state index contributed by atoms with van der Waals surface area (Å²) in [4.78, 5) is 11.4. The van der Waals surface area contributed by atoms with Crippen molar-refractivity contribution in [2.24, 2.45) is 5.92 Å². The maximum absolute atomic E-state index is 11.4. The summed E-state index contributed by atoms with van der Waals surface area (Å²) in [6, 6.07) is 3.78. The highest BCUT2D eigenvalue weighted by Gasteiger charge is 2.22. The highest BCUT2D eigenvalue weighted by molar-refractivity contribution is 5.79. The van der Waals surface area contributed by atoms with E-state index < -0.39 is 0 Å². The Hall–Kier alpha value is -1.25. The Bertz CT molecular complexity index is 279. The molecule has 1 aliphatic heterocycles. The van der Waals surface area contributed by atoms with Crippen molar-refractivity contribution in [1.29, 1.82) is 0 Å². The van der Waals surface area contributed by atoms with Gasteiger partial charge in [-0.05, 0) is 25.0 Å². The van der Waals surface area contributed by atoms with Crippen LogP contribution in [-0.4, -0.2) is 12.5 Å². The number of amides is 1. The van der Waals surface area contributed by atoms with Crippen LogP contribution in [0.5, 0.6) is 0 Å². The second-order valence-corrected chi connectivity index (χ2v) is 3.41. The molecular weight excluding hydrogens is 166 g/mol. The van der Waals surface area contributed by atoms with Gasteiger partial charge in [-0.15, -0.1) is 0 Å². The van der Waals surface area contributed by atoms with Crippen molar-refractivity contribution in [1.82, 2.24) is 5.32 Å². The molecule has 2 rings (SSSR count). The lowest BCUT2D eigenvalue weighted by Crippen LogP contribution is -2.37. The quantitative estimate of drug-likeness (QED) is 0.744. The van der Waals surface area contributed by atoms with Gasteiger partial charge in [0, 0.05) is 18.9 Å². The fourth-order valence-corrected chi connectivity index (χ4v) is 1.70. The van der Waals surface area contributed by atoms with E-state index in [1.807, 2.05) is 12.1 Å². The first-order chi connectivity index (χ1) is 6.36. The van der Waals surface area contributed by atoms with Crippen molar-refractivity contribution < 1.29 is 9.21 Å². The number of hydrogen-bond donors (Lipinski definition) is 1. The second kappa shape index (κ2) is 3.64. The molecule has 0 aromatic carbocycles. The number of hydrogen-bond acceptors (Lipinski definition) is 2. The molecule has 0 aliphatic carbocycles. The maximum Gasteiger partial charge on any atom is 0.223 e. The van der Waals surface area contributed by atoms with Crippen molar-refractivity contribution in [2.45, 2.75) is 19.3 Å². The molecule has 2 heterocycles. The lowest BCUT2D eigenvalue weighted by Gasteiger charge is -2.20. The van der Waals surface area contributed by atoms with Crippen molar-refractivity contribution in [3.63, 3.8) is 0 Å². The van der Waals surface area contributed by atoms with E-state index in [9.17, 15) is 4.79 Å². The van der Waals surface area contributed by atoms with Gasteiger partial charge in [-0.1, -0.05) is 0 Å². The zero-order valence-corrected chi connectivity index (χ0v) is 7.45. The summed E-state index contributed by atoms with van der Waals surface area (Å²) in [6.07, 6.45) is 4.44. The number of rotatable bonds is 2. The van der Waals surface area contributed by atoms with Crippen LogP contribution < -0.4 is 5.32 Å². The standard InChI is InChI=1S/C10H13NO2/c12-10-8(3-1-5-11-10)7-9-4-2-6-13-9/h2,4,6,8H,1,3,5,7H2,(H,11,12)/t8-/m0/s1. The Balaban J connectivity index is 1.97. The van der Waals surface area contributed by atoms with Crippen molar-refractivity contribution in [3.8, 4) is 0 Å². The molecule has 1 fully saturated rings. The molecule has 70 valence electrons. The van der Waals surface area contributed by atoms with Crippen LogP contribution in [0.2, 0.25) is 0 Å². The third-order valence-corrected chi connectivity index (χ3v) is 2.43. The van der Waals surface area contributed by atoms with E-state index in [-0.39, 0.29) is 11.8 Å². The molecule has 1 aromatic rings. The van der Waals surface area contributed by atoms with Crippen LogP contribution in [0.4, 0.5) is 0 Å². The molecule has 0 radical (unpaired) electrons. The third kappa shape index (κ3) is 1.91. The Morgan fingerprint density at radius 2 is 2.54 bits per heavy atom. The monoisotopic (exact) mass is 179 g/mol. The molecule has 1 saturated heterocycles. The summed E-state index contributed by atoms with van der Waals surface area (Å²) in [5.41, 5.74) is 0. The highest BCUT2D eigenvalue weighted by atomic mass is 16.3. The minimum atomic E-state index is 0.111. The molecule has 1 atom stereocenters. The minimum Gasteiger partial charge on any atom is -0.469 e. The molecule has 3 heteroatoms. The molecule has 1 aliphatic rings. The van der Waals surface area contributed by atoms with Gasteiger partial charge in [0.25, 0.3) is 0 Å². The average molecular weight is 179 g/mol. The molecule has 1 aromatic heterocycles. The van der Waals surface area contributed by atoms with Gasteiger partial charge < -0.3 is 9.73 Å². The number of nitrogens with one attached hydrogen (secondary N) is 1. The lowest BCUT2D eigenvalue weighted by atomic mass is 9.94. The van der Waals surface area contributed by atoms with E-state index in [0.717, 1.165) is 31.6 Å². The van der Waals surface area contributed by atoms with Crippen LogP contribution in [0.15, 0.2) is 22.8 Å². The van der Waals surface area contributed by atoms with Gasteiger partial charge in [-0.2, -0.15) is 0 Å². The fourth-order valence-electron chi connectivity index (χ4n) is 1.70. The zero-order valence-electron chi connectivity index (χ0n) is 7.45. The molecule has 3 nitrogen and oxygen atoms in total. The normalized spacial score (nSPS) is 22.8. The summed E-state index contributed by atoms with van der Waals surface area (Å²) in [6.45, 7) is 0.827. The smallest absolute Gasteiger partial charge is 0.223 e. The number of furan rings is 1. The lowest BCUT2D eigenvalue weighted by molar-refractivity contribution is -0.126. The Labute approximate surface area is 77.1 Å². The zero-order chi connectivity index (χ0) is 9.10. The summed E-state index contributed by atoms with van der Waals surface area (Å²) >= 11 is 0. The molecule has 0 bridgehead atoms. The van der Waals surface area contributed by atoms with E-state index in [1.165, 1.54) is 0 Å². The van der Waals surface area contributed by atoms with E-state index in [4.69, 9.17) is 4.42 Å². The van der Waals surface area contributed by atoms with Gasteiger partial charge in [0.05, 0.1) is 6.26 Å². The summed E-state index contributed by atoms with van der Waals surface area (Å²) < 4.78 is 5.20. The number of carbonyl (C=O) groups excluding carboxylic acids is 1. The first kappa shape index (κ1) is 8.35. The first-order valence-corrected chi connectivity index (χ1v) is 4.66. The van der Waals surface area contributed by atoms with Gasteiger partial charge >= 0.3 is 0 Å². The van der Waals surface area contributed by atoms with Crippen LogP contribution >= 0.6 is 0 Å². The summed E-state index contributed by atoms with van der Waals surface area (Å²) in [5.74, 6) is 1.18. The molecule has 1 N–H and O–H groups in total. The maximum atomic E-state index is 11.4. The van der Waals surface area contributed by atoms with Crippen molar-refractivity contribution >= 4 is 5.91 Å². The molecule has 1 amide bonds. The average Bonchev–Trinajstić information content (AvgIpc) is 2.61. The Kier molecular flexibility index (Phi) is 2.34. The SMILES string of the molecule is O=C1NCCC[C@H]1Cc1ccco1. The predicted molar refractivity (Wildman–Crippen MR) is 48.1 cm³/mol. The van der Waals surface area contributed by atoms with Crippen LogP contribution in [-0.2, 0) is 11.2 Å². The van der Waals surface area contributed by atoms with Crippen LogP contribution in [0.25, 0.3) is 0 Å². The highest BCUT2D eigenvalue weighted by Crippen LogP contribution is 2.17. The van der Waals surface area contributed by atoms with E-state index >= 15 is 0 Å². The Morgan fingerprint density at radius 3 is 3.23 bits per heavy atom. The topological polar surface area (TPSA) is 42.2 Å². The summed E-state index contributed by atoms with van der Waals surface area (Å²) in [5, 5.41) is 2.86. The largest absolute Gasteiger partial charge is 0.469 e. The molecular formula is C10H13NO2. The van der Waals surface area contributed by atoms with Gasteiger partial charge in [0.1, 0.15) is 5.76 Å².